The van der Waals surface area contributed by atoms with Crippen LogP contribution in [0.1, 0.15) is 25.3 Å². The number of hydrogen-bond donors (Lipinski definition) is 1. The first-order valence-electron chi connectivity index (χ1n) is 10.1. The fourth-order valence-corrected chi connectivity index (χ4v) is 5.54. The first-order valence-corrected chi connectivity index (χ1v) is 12.8. The maximum atomic E-state index is 12.7. The van der Waals surface area contributed by atoms with E-state index in [0.29, 0.717) is 24.8 Å². The van der Waals surface area contributed by atoms with E-state index in [1.807, 2.05) is 6.92 Å². The number of nitrogens with one attached hydrogen (secondary N) is 1. The summed E-state index contributed by atoms with van der Waals surface area (Å²) >= 11 is 1.78. The second kappa shape index (κ2) is 10.5. The zero-order valence-electron chi connectivity index (χ0n) is 17.1. The number of nitrogens with zero attached hydrogens (tertiary/aromatic N) is 1. The highest BCUT2D eigenvalue weighted by Crippen LogP contribution is 2.26. The van der Waals surface area contributed by atoms with Gasteiger partial charge in [-0.2, -0.15) is 0 Å². The monoisotopic (exact) mass is 434 g/mol. The highest BCUT2D eigenvalue weighted by molar-refractivity contribution is 7.98. The highest BCUT2D eigenvalue weighted by Gasteiger charge is 2.24. The average Bonchev–Trinajstić information content (AvgIpc) is 2.74. The van der Waals surface area contributed by atoms with Crippen molar-refractivity contribution in [1.82, 2.24) is 9.62 Å². The summed E-state index contributed by atoms with van der Waals surface area (Å²) in [5.41, 5.74) is 1.37. The Morgan fingerprint density at radius 2 is 1.79 bits per heavy atom. The quantitative estimate of drug-likeness (QED) is 0.605. The topological polar surface area (TPSA) is 58.6 Å². The van der Waals surface area contributed by atoms with Crippen LogP contribution in [0.5, 0.6) is 5.75 Å². The van der Waals surface area contributed by atoms with Gasteiger partial charge in [-0.3, -0.25) is 4.90 Å². The fraction of sp³-hybridized carbons (Fsp3) is 0.455. The van der Waals surface area contributed by atoms with Crippen LogP contribution in [0.3, 0.4) is 0 Å². The number of para-hydroxylation sites is 1. The lowest BCUT2D eigenvalue weighted by Gasteiger charge is -2.32. The molecule has 0 unspecified atom stereocenters. The number of rotatable bonds is 9. The number of hydrogen-bond acceptors (Lipinski definition) is 5. The Morgan fingerprint density at radius 1 is 1.10 bits per heavy atom. The van der Waals surface area contributed by atoms with Crippen LogP contribution in [0.4, 0.5) is 0 Å². The molecule has 1 fully saturated rings. The van der Waals surface area contributed by atoms with Gasteiger partial charge in [-0.25, -0.2) is 13.1 Å². The summed E-state index contributed by atoms with van der Waals surface area (Å²) in [5, 5.41) is 0. The average molecular weight is 435 g/mol. The minimum atomic E-state index is -3.57. The molecule has 7 heteroatoms. The molecule has 29 heavy (non-hydrogen) atoms. The highest BCUT2D eigenvalue weighted by atomic mass is 32.2. The Bertz CT molecular complexity index is 894. The second-order valence-electron chi connectivity index (χ2n) is 7.26. The van der Waals surface area contributed by atoms with Gasteiger partial charge in [-0.05, 0) is 68.8 Å². The normalized spacial score (nSPS) is 16.1. The molecule has 0 amide bonds. The van der Waals surface area contributed by atoms with E-state index in [2.05, 4.69) is 40.1 Å². The van der Waals surface area contributed by atoms with Gasteiger partial charge in [0.15, 0.2) is 0 Å². The fourth-order valence-electron chi connectivity index (χ4n) is 3.68. The van der Waals surface area contributed by atoms with Gasteiger partial charge in [0.2, 0.25) is 10.0 Å². The summed E-state index contributed by atoms with van der Waals surface area (Å²) in [6.45, 7) is 5.69. The van der Waals surface area contributed by atoms with Crippen LogP contribution in [0.25, 0.3) is 0 Å². The molecule has 0 atom stereocenters. The number of sulfonamides is 1. The van der Waals surface area contributed by atoms with Crippen LogP contribution in [-0.4, -0.2) is 45.8 Å². The molecular weight excluding hydrogens is 404 g/mol. The zero-order chi connectivity index (χ0) is 20.7. The van der Waals surface area contributed by atoms with Gasteiger partial charge >= 0.3 is 0 Å². The Balaban J connectivity index is 1.52. The molecule has 0 bridgehead atoms. The van der Waals surface area contributed by atoms with E-state index in [4.69, 9.17) is 4.74 Å². The molecule has 0 aliphatic carbocycles. The Hall–Kier alpha value is -1.54. The zero-order valence-corrected chi connectivity index (χ0v) is 18.8. The van der Waals surface area contributed by atoms with E-state index in [1.54, 1.807) is 36.0 Å². The number of benzene rings is 2. The molecule has 1 N–H and O–H groups in total. The third-order valence-electron chi connectivity index (χ3n) is 5.29. The van der Waals surface area contributed by atoms with Gasteiger partial charge in [-0.15, -0.1) is 11.8 Å². The molecule has 0 radical (unpaired) electrons. The molecule has 1 aliphatic heterocycles. The maximum absolute atomic E-state index is 12.7. The smallest absolute Gasteiger partial charge is 0.244 e. The summed E-state index contributed by atoms with van der Waals surface area (Å²) in [5.74, 6) is 0.765. The van der Waals surface area contributed by atoms with Gasteiger partial charge in [0, 0.05) is 18.0 Å². The second-order valence-corrected chi connectivity index (χ2v) is 9.85. The molecule has 0 saturated carbocycles. The standard InChI is InChI=1S/C22H30N2O3S2/c1-3-27-20-9-5-7-11-22(20)29(25,26)23-16-18-12-14-24(15-13-18)17-19-8-4-6-10-21(19)28-2/h4-11,18,23H,3,12-17H2,1-2H3. The predicted octanol–water partition coefficient (Wildman–Crippen LogP) is 4.00. The van der Waals surface area contributed by atoms with Crippen LogP contribution < -0.4 is 9.46 Å². The molecule has 1 heterocycles. The first-order chi connectivity index (χ1) is 14.0. The number of likely N-dealkylation sites (tertiary alicyclic amines) is 1. The van der Waals surface area contributed by atoms with E-state index in [-0.39, 0.29) is 4.90 Å². The lowest BCUT2D eigenvalue weighted by atomic mass is 9.97. The Morgan fingerprint density at radius 3 is 2.52 bits per heavy atom. The first kappa shape index (κ1) is 22.2. The lowest BCUT2D eigenvalue weighted by Crippen LogP contribution is -2.38. The van der Waals surface area contributed by atoms with Crippen molar-refractivity contribution in [2.75, 3.05) is 32.5 Å². The van der Waals surface area contributed by atoms with Crippen molar-refractivity contribution in [1.29, 1.82) is 0 Å². The van der Waals surface area contributed by atoms with E-state index in [9.17, 15) is 8.42 Å². The van der Waals surface area contributed by atoms with Crippen molar-refractivity contribution >= 4 is 21.8 Å². The molecular formula is C22H30N2O3S2. The number of ether oxygens (including phenoxy) is 1. The van der Waals surface area contributed by atoms with Crippen molar-refractivity contribution in [2.24, 2.45) is 5.92 Å². The molecule has 158 valence electrons. The summed E-state index contributed by atoms with van der Waals surface area (Å²) in [4.78, 5) is 4.01. The molecule has 2 aromatic carbocycles. The summed E-state index contributed by atoms with van der Waals surface area (Å²) in [6, 6.07) is 15.3. The molecule has 5 nitrogen and oxygen atoms in total. The minimum Gasteiger partial charge on any atom is -0.492 e. The van der Waals surface area contributed by atoms with Gasteiger partial charge in [-0.1, -0.05) is 30.3 Å². The molecule has 3 rings (SSSR count). The number of thioether (sulfide) groups is 1. The van der Waals surface area contributed by atoms with Gasteiger partial charge < -0.3 is 4.74 Å². The van der Waals surface area contributed by atoms with Crippen LogP contribution in [0.15, 0.2) is 58.3 Å². The number of piperidine rings is 1. The summed E-state index contributed by atoms with van der Waals surface area (Å²) in [7, 11) is -3.57. The van der Waals surface area contributed by atoms with Crippen LogP contribution in [0.2, 0.25) is 0 Å². The van der Waals surface area contributed by atoms with Gasteiger partial charge in [0.1, 0.15) is 10.6 Å². The van der Waals surface area contributed by atoms with Crippen LogP contribution >= 0.6 is 11.8 Å². The molecule has 0 spiro atoms. The van der Waals surface area contributed by atoms with E-state index in [0.717, 1.165) is 32.5 Å². The predicted molar refractivity (Wildman–Crippen MR) is 119 cm³/mol. The Kier molecular flexibility index (Phi) is 8.00. The maximum Gasteiger partial charge on any atom is 0.244 e. The van der Waals surface area contributed by atoms with E-state index >= 15 is 0 Å². The third-order valence-corrected chi connectivity index (χ3v) is 7.60. The van der Waals surface area contributed by atoms with Crippen molar-refractivity contribution in [2.45, 2.75) is 36.1 Å². The van der Waals surface area contributed by atoms with Crippen molar-refractivity contribution < 1.29 is 13.2 Å². The third kappa shape index (κ3) is 5.98. The van der Waals surface area contributed by atoms with Crippen molar-refractivity contribution in [3.05, 3.63) is 54.1 Å². The van der Waals surface area contributed by atoms with Crippen molar-refractivity contribution in [3.8, 4) is 5.75 Å². The van der Waals surface area contributed by atoms with Crippen LogP contribution in [0, 0.1) is 5.92 Å². The van der Waals surface area contributed by atoms with E-state index in [1.165, 1.54) is 10.5 Å². The van der Waals surface area contributed by atoms with E-state index < -0.39 is 10.0 Å². The molecule has 2 aromatic rings. The van der Waals surface area contributed by atoms with Gasteiger partial charge in [0.05, 0.1) is 6.61 Å². The summed E-state index contributed by atoms with van der Waals surface area (Å²) in [6.07, 6.45) is 4.11. The largest absolute Gasteiger partial charge is 0.492 e. The van der Waals surface area contributed by atoms with Gasteiger partial charge in [0.25, 0.3) is 0 Å². The van der Waals surface area contributed by atoms with Crippen LogP contribution in [-0.2, 0) is 16.6 Å². The molecule has 1 aliphatic rings. The SMILES string of the molecule is CCOc1ccccc1S(=O)(=O)NCC1CCN(Cc2ccccc2SC)CC1. The minimum absolute atomic E-state index is 0.216. The molecule has 1 saturated heterocycles. The van der Waals surface area contributed by atoms with Crippen molar-refractivity contribution in [3.63, 3.8) is 0 Å². The summed E-state index contributed by atoms with van der Waals surface area (Å²) < 4.78 is 33.8. The molecule has 0 aromatic heterocycles. The Labute approximate surface area is 178 Å². The lowest BCUT2D eigenvalue weighted by molar-refractivity contribution is 0.177.